The van der Waals surface area contributed by atoms with Crippen molar-refractivity contribution in [1.82, 2.24) is 9.97 Å². The van der Waals surface area contributed by atoms with Crippen LogP contribution in [0, 0.1) is 0 Å². The Bertz CT molecular complexity index is 284. The zero-order valence-corrected chi connectivity index (χ0v) is 10.2. The summed E-state index contributed by atoms with van der Waals surface area (Å²) in [6.07, 6.45) is 9.26. The molecule has 0 radical (unpaired) electrons. The predicted octanol–water partition coefficient (Wildman–Crippen LogP) is 2.83. The Morgan fingerprint density at radius 2 is 1.88 bits per heavy atom. The summed E-state index contributed by atoms with van der Waals surface area (Å²) in [4.78, 5) is 8.32. The molecule has 0 saturated heterocycles. The number of aromatic nitrogens is 2. The van der Waals surface area contributed by atoms with E-state index < -0.39 is 0 Å². The van der Waals surface area contributed by atoms with Crippen molar-refractivity contribution >= 4 is 11.6 Å². The highest BCUT2D eigenvalue weighted by Gasteiger charge is 2.08. The minimum absolute atomic E-state index is 0.480. The number of rotatable bonds is 7. The molecule has 1 aromatic heterocycles. The monoisotopic (exact) mass is 222 g/mol. The Hall–Kier alpha value is -1.32. The van der Waals surface area contributed by atoms with E-state index in [1.54, 1.807) is 12.4 Å². The van der Waals surface area contributed by atoms with Gasteiger partial charge < -0.3 is 11.1 Å². The van der Waals surface area contributed by atoms with Gasteiger partial charge in [0.1, 0.15) is 0 Å². The van der Waals surface area contributed by atoms with Crippen LogP contribution in [0.15, 0.2) is 12.4 Å². The van der Waals surface area contributed by atoms with Crippen molar-refractivity contribution in [2.45, 2.75) is 52.0 Å². The minimum atomic E-state index is 0.480. The normalized spacial score (nSPS) is 12.4. The number of nitrogens with one attached hydrogen (secondary N) is 1. The van der Waals surface area contributed by atoms with E-state index >= 15 is 0 Å². The molecule has 0 spiro atoms. The SMILES string of the molecule is CCCCC(CCC)Nc1ncc(N)cn1. The molecular weight excluding hydrogens is 200 g/mol. The second-order valence-corrected chi connectivity index (χ2v) is 4.11. The molecule has 0 aromatic carbocycles. The molecule has 16 heavy (non-hydrogen) atoms. The molecule has 0 aliphatic rings. The van der Waals surface area contributed by atoms with Crippen LogP contribution in [0.5, 0.6) is 0 Å². The molecule has 4 heteroatoms. The van der Waals surface area contributed by atoms with Crippen molar-refractivity contribution in [2.24, 2.45) is 0 Å². The van der Waals surface area contributed by atoms with Crippen LogP contribution in [0.1, 0.15) is 46.0 Å². The molecule has 0 saturated carbocycles. The maximum absolute atomic E-state index is 5.54. The first kappa shape index (κ1) is 12.7. The van der Waals surface area contributed by atoms with Gasteiger partial charge in [0, 0.05) is 6.04 Å². The van der Waals surface area contributed by atoms with Gasteiger partial charge in [-0.3, -0.25) is 0 Å². The van der Waals surface area contributed by atoms with E-state index in [1.807, 2.05) is 0 Å². The molecular formula is C12H22N4. The van der Waals surface area contributed by atoms with E-state index in [-0.39, 0.29) is 0 Å². The fourth-order valence-corrected chi connectivity index (χ4v) is 1.68. The summed E-state index contributed by atoms with van der Waals surface area (Å²) in [5, 5.41) is 3.36. The standard InChI is InChI=1S/C12H22N4/c1-3-5-7-11(6-4-2)16-12-14-8-10(13)9-15-12/h8-9,11H,3-7,13H2,1-2H3,(H,14,15,16). The molecule has 4 nitrogen and oxygen atoms in total. The van der Waals surface area contributed by atoms with Gasteiger partial charge in [-0.25, -0.2) is 9.97 Å². The molecule has 0 amide bonds. The number of hydrogen-bond donors (Lipinski definition) is 2. The van der Waals surface area contributed by atoms with Gasteiger partial charge >= 0.3 is 0 Å². The lowest BCUT2D eigenvalue weighted by atomic mass is 10.1. The molecule has 1 rings (SSSR count). The van der Waals surface area contributed by atoms with Crippen molar-refractivity contribution in [3.8, 4) is 0 Å². The number of nitrogen functional groups attached to an aromatic ring is 1. The second-order valence-electron chi connectivity index (χ2n) is 4.11. The van der Waals surface area contributed by atoms with Gasteiger partial charge in [0.15, 0.2) is 0 Å². The summed E-state index contributed by atoms with van der Waals surface area (Å²) in [5.74, 6) is 0.684. The second kappa shape index (κ2) is 7.04. The van der Waals surface area contributed by atoms with Gasteiger partial charge in [-0.1, -0.05) is 33.1 Å². The Morgan fingerprint density at radius 1 is 1.19 bits per heavy atom. The minimum Gasteiger partial charge on any atom is -0.396 e. The van der Waals surface area contributed by atoms with E-state index in [9.17, 15) is 0 Å². The van der Waals surface area contributed by atoms with Crippen molar-refractivity contribution < 1.29 is 0 Å². The van der Waals surface area contributed by atoms with Gasteiger partial charge in [0.2, 0.25) is 5.95 Å². The van der Waals surface area contributed by atoms with Crippen LogP contribution in [0.4, 0.5) is 11.6 Å². The zero-order valence-electron chi connectivity index (χ0n) is 10.2. The molecule has 3 N–H and O–H groups in total. The lowest BCUT2D eigenvalue weighted by molar-refractivity contribution is 0.561. The Balaban J connectivity index is 2.49. The first-order chi connectivity index (χ1) is 7.76. The number of hydrogen-bond acceptors (Lipinski definition) is 4. The summed E-state index contributed by atoms with van der Waals surface area (Å²) in [6.45, 7) is 4.41. The third-order valence-electron chi connectivity index (χ3n) is 2.55. The fourth-order valence-electron chi connectivity index (χ4n) is 1.68. The summed E-state index contributed by atoms with van der Waals surface area (Å²) in [5.41, 5.74) is 6.15. The molecule has 0 aliphatic heterocycles. The molecule has 1 aromatic rings. The highest BCUT2D eigenvalue weighted by atomic mass is 15.1. The smallest absolute Gasteiger partial charge is 0.222 e. The van der Waals surface area contributed by atoms with Gasteiger partial charge in [-0.05, 0) is 12.8 Å². The highest BCUT2D eigenvalue weighted by Crippen LogP contribution is 2.12. The Morgan fingerprint density at radius 3 is 2.44 bits per heavy atom. The summed E-state index contributed by atoms with van der Waals surface area (Å²) in [6, 6.07) is 0.480. The van der Waals surface area contributed by atoms with Crippen LogP contribution in [0.2, 0.25) is 0 Å². The van der Waals surface area contributed by atoms with Crippen LogP contribution < -0.4 is 11.1 Å². The summed E-state index contributed by atoms with van der Waals surface area (Å²) in [7, 11) is 0. The molecule has 90 valence electrons. The van der Waals surface area contributed by atoms with Crippen molar-refractivity contribution in [3.05, 3.63) is 12.4 Å². The average Bonchev–Trinajstić information content (AvgIpc) is 2.29. The van der Waals surface area contributed by atoms with E-state index in [0.29, 0.717) is 17.7 Å². The van der Waals surface area contributed by atoms with Crippen LogP contribution >= 0.6 is 0 Å². The largest absolute Gasteiger partial charge is 0.396 e. The lowest BCUT2D eigenvalue weighted by Crippen LogP contribution is -2.20. The van der Waals surface area contributed by atoms with Gasteiger partial charge in [0.25, 0.3) is 0 Å². The molecule has 1 heterocycles. The number of anilines is 2. The quantitative estimate of drug-likeness (QED) is 0.744. The third-order valence-corrected chi connectivity index (χ3v) is 2.55. The average molecular weight is 222 g/mol. The van der Waals surface area contributed by atoms with Crippen LogP contribution in [-0.2, 0) is 0 Å². The van der Waals surface area contributed by atoms with Gasteiger partial charge in [-0.2, -0.15) is 0 Å². The van der Waals surface area contributed by atoms with Crippen molar-refractivity contribution in [1.29, 1.82) is 0 Å². The first-order valence-corrected chi connectivity index (χ1v) is 6.10. The van der Waals surface area contributed by atoms with E-state index in [0.717, 1.165) is 6.42 Å². The lowest BCUT2D eigenvalue weighted by Gasteiger charge is -2.17. The van der Waals surface area contributed by atoms with E-state index in [4.69, 9.17) is 5.73 Å². The zero-order chi connectivity index (χ0) is 11.8. The predicted molar refractivity (Wildman–Crippen MR) is 68.3 cm³/mol. The summed E-state index contributed by atoms with van der Waals surface area (Å²) < 4.78 is 0. The first-order valence-electron chi connectivity index (χ1n) is 6.10. The number of nitrogens with zero attached hydrogens (tertiary/aromatic N) is 2. The Kier molecular flexibility index (Phi) is 5.61. The molecule has 1 atom stereocenters. The maximum atomic E-state index is 5.54. The third kappa shape index (κ3) is 4.47. The van der Waals surface area contributed by atoms with Crippen LogP contribution in [0.3, 0.4) is 0 Å². The topological polar surface area (TPSA) is 63.8 Å². The van der Waals surface area contributed by atoms with E-state index in [2.05, 4.69) is 29.1 Å². The van der Waals surface area contributed by atoms with Crippen LogP contribution in [0.25, 0.3) is 0 Å². The van der Waals surface area contributed by atoms with E-state index in [1.165, 1.54) is 25.7 Å². The van der Waals surface area contributed by atoms with Crippen molar-refractivity contribution in [3.63, 3.8) is 0 Å². The molecule has 0 aliphatic carbocycles. The van der Waals surface area contributed by atoms with Crippen LogP contribution in [-0.4, -0.2) is 16.0 Å². The highest BCUT2D eigenvalue weighted by molar-refractivity contribution is 5.36. The molecule has 0 bridgehead atoms. The maximum Gasteiger partial charge on any atom is 0.222 e. The molecule has 1 unspecified atom stereocenters. The number of unbranched alkanes of at least 4 members (excludes halogenated alkanes) is 1. The van der Waals surface area contributed by atoms with Gasteiger partial charge in [0.05, 0.1) is 18.1 Å². The van der Waals surface area contributed by atoms with Crippen molar-refractivity contribution in [2.75, 3.05) is 11.1 Å². The summed E-state index contributed by atoms with van der Waals surface area (Å²) >= 11 is 0. The fraction of sp³-hybridized carbons (Fsp3) is 0.667. The molecule has 0 fully saturated rings. The Labute approximate surface area is 97.7 Å². The number of nitrogens with two attached hydrogens (primary N) is 1. The van der Waals surface area contributed by atoms with Gasteiger partial charge in [-0.15, -0.1) is 0 Å².